The first kappa shape index (κ1) is 16.4. The van der Waals surface area contributed by atoms with Crippen molar-refractivity contribution in [3.63, 3.8) is 0 Å². The standard InChI is InChI=1S/C17H22N4O3/c1-10-6-14(21(2)20-10)17(23)19-16(12-7-13(22)8-12)11-4-5-15(24-3)18-9-11/h4-6,9,12-13,16,22H,7-8H2,1-3H3,(H,19,23)/t12?,13?,16-/m1/s1. The van der Waals surface area contributed by atoms with Gasteiger partial charge in [-0.3, -0.25) is 9.48 Å². The summed E-state index contributed by atoms with van der Waals surface area (Å²) in [5.74, 6) is 0.536. The zero-order valence-corrected chi connectivity index (χ0v) is 14.1. The number of aliphatic hydroxyl groups excluding tert-OH is 1. The van der Waals surface area contributed by atoms with Crippen molar-refractivity contribution < 1.29 is 14.6 Å². The van der Waals surface area contributed by atoms with Crippen LogP contribution >= 0.6 is 0 Å². The Morgan fingerprint density at radius 3 is 2.71 bits per heavy atom. The van der Waals surface area contributed by atoms with Gasteiger partial charge in [0.1, 0.15) is 5.69 Å². The van der Waals surface area contributed by atoms with Crippen LogP contribution in [0.15, 0.2) is 24.4 Å². The summed E-state index contributed by atoms with van der Waals surface area (Å²) in [5, 5.41) is 16.9. The molecule has 2 aromatic rings. The molecule has 2 aromatic heterocycles. The van der Waals surface area contributed by atoms with Gasteiger partial charge in [-0.05, 0) is 37.3 Å². The van der Waals surface area contributed by atoms with Crippen LogP contribution in [0, 0.1) is 12.8 Å². The van der Waals surface area contributed by atoms with Crippen molar-refractivity contribution in [2.24, 2.45) is 13.0 Å². The summed E-state index contributed by atoms with van der Waals surface area (Å²) in [6.45, 7) is 1.85. The lowest BCUT2D eigenvalue weighted by Gasteiger charge is -2.38. The second-order valence-electron chi connectivity index (χ2n) is 6.26. The lowest BCUT2D eigenvalue weighted by Crippen LogP contribution is -2.41. The molecular weight excluding hydrogens is 308 g/mol. The van der Waals surface area contributed by atoms with Crippen molar-refractivity contribution >= 4 is 5.91 Å². The number of amides is 1. The minimum atomic E-state index is -0.292. The van der Waals surface area contributed by atoms with Crippen LogP contribution in [0.1, 0.15) is 40.6 Å². The third-order valence-corrected chi connectivity index (χ3v) is 4.47. The quantitative estimate of drug-likeness (QED) is 0.864. The number of aryl methyl sites for hydroxylation is 2. The average molecular weight is 330 g/mol. The van der Waals surface area contributed by atoms with Gasteiger partial charge in [-0.25, -0.2) is 4.98 Å². The van der Waals surface area contributed by atoms with Gasteiger partial charge >= 0.3 is 0 Å². The first-order valence-electron chi connectivity index (χ1n) is 7.97. The second kappa shape index (κ2) is 6.60. The molecule has 1 atom stereocenters. The molecule has 2 N–H and O–H groups in total. The highest BCUT2D eigenvalue weighted by Gasteiger charge is 2.36. The zero-order chi connectivity index (χ0) is 17.3. The summed E-state index contributed by atoms with van der Waals surface area (Å²) < 4.78 is 6.66. The second-order valence-corrected chi connectivity index (χ2v) is 6.26. The number of ether oxygens (including phenoxy) is 1. The van der Waals surface area contributed by atoms with Crippen molar-refractivity contribution in [2.75, 3.05) is 7.11 Å². The molecule has 7 nitrogen and oxygen atoms in total. The summed E-state index contributed by atoms with van der Waals surface area (Å²) in [6, 6.07) is 5.23. The largest absolute Gasteiger partial charge is 0.481 e. The molecule has 2 heterocycles. The summed E-state index contributed by atoms with van der Waals surface area (Å²) in [7, 11) is 3.31. The van der Waals surface area contributed by atoms with Crippen LogP contribution < -0.4 is 10.1 Å². The van der Waals surface area contributed by atoms with Crippen LogP contribution in [0.25, 0.3) is 0 Å². The lowest BCUT2D eigenvalue weighted by atomic mass is 9.75. The highest BCUT2D eigenvalue weighted by atomic mass is 16.5. The van der Waals surface area contributed by atoms with Crippen molar-refractivity contribution in [2.45, 2.75) is 31.9 Å². The van der Waals surface area contributed by atoms with E-state index in [1.807, 2.05) is 13.0 Å². The van der Waals surface area contributed by atoms with E-state index in [4.69, 9.17) is 4.74 Å². The van der Waals surface area contributed by atoms with E-state index >= 15 is 0 Å². The van der Waals surface area contributed by atoms with Crippen molar-refractivity contribution in [3.05, 3.63) is 41.3 Å². The first-order chi connectivity index (χ1) is 11.5. The van der Waals surface area contributed by atoms with Crippen LogP contribution in [-0.2, 0) is 7.05 Å². The third-order valence-electron chi connectivity index (χ3n) is 4.47. The number of pyridine rings is 1. The SMILES string of the molecule is COc1ccc([C@@H](NC(=O)c2cc(C)nn2C)C2CC(O)C2)cn1. The Hall–Kier alpha value is -2.41. The van der Waals surface area contributed by atoms with E-state index in [1.165, 1.54) is 0 Å². The molecule has 0 radical (unpaired) electrons. The highest BCUT2D eigenvalue weighted by molar-refractivity contribution is 5.93. The van der Waals surface area contributed by atoms with Gasteiger partial charge in [-0.15, -0.1) is 0 Å². The molecule has 0 aromatic carbocycles. The minimum Gasteiger partial charge on any atom is -0.481 e. The molecule has 128 valence electrons. The number of carbonyl (C=O) groups excluding carboxylic acids is 1. The first-order valence-corrected chi connectivity index (χ1v) is 7.97. The smallest absolute Gasteiger partial charge is 0.270 e. The molecule has 0 unspecified atom stereocenters. The molecule has 3 rings (SSSR count). The number of aromatic nitrogens is 3. The average Bonchev–Trinajstić information content (AvgIpc) is 2.88. The Labute approximate surface area is 140 Å². The number of nitrogens with one attached hydrogen (secondary N) is 1. The molecular formula is C17H22N4O3. The number of hydrogen-bond donors (Lipinski definition) is 2. The Bertz CT molecular complexity index is 720. The van der Waals surface area contributed by atoms with Crippen molar-refractivity contribution in [1.82, 2.24) is 20.1 Å². The van der Waals surface area contributed by atoms with Crippen LogP contribution in [0.2, 0.25) is 0 Å². The van der Waals surface area contributed by atoms with E-state index in [1.54, 1.807) is 37.2 Å². The molecule has 1 aliphatic carbocycles. The van der Waals surface area contributed by atoms with E-state index in [0.29, 0.717) is 24.4 Å². The number of aliphatic hydroxyl groups is 1. The van der Waals surface area contributed by atoms with Gasteiger partial charge in [0.2, 0.25) is 5.88 Å². The fourth-order valence-corrected chi connectivity index (χ4v) is 3.11. The van der Waals surface area contributed by atoms with E-state index in [-0.39, 0.29) is 24.0 Å². The maximum absolute atomic E-state index is 12.6. The number of hydrogen-bond acceptors (Lipinski definition) is 5. The number of nitrogens with zero attached hydrogens (tertiary/aromatic N) is 3. The Morgan fingerprint density at radius 2 is 2.21 bits per heavy atom. The van der Waals surface area contributed by atoms with Gasteiger partial charge in [-0.2, -0.15) is 5.10 Å². The van der Waals surface area contributed by atoms with Crippen LogP contribution in [0.5, 0.6) is 5.88 Å². The normalized spacial score (nSPS) is 21.0. The molecule has 1 saturated carbocycles. The fraction of sp³-hybridized carbons (Fsp3) is 0.471. The van der Waals surface area contributed by atoms with Crippen LogP contribution in [0.3, 0.4) is 0 Å². The summed E-state index contributed by atoms with van der Waals surface area (Å²) >= 11 is 0. The predicted molar refractivity (Wildman–Crippen MR) is 87.7 cm³/mol. The Balaban J connectivity index is 1.82. The molecule has 0 aliphatic heterocycles. The minimum absolute atomic E-state index is 0.180. The van der Waals surface area contributed by atoms with Crippen molar-refractivity contribution in [3.8, 4) is 5.88 Å². The molecule has 24 heavy (non-hydrogen) atoms. The number of carbonyl (C=O) groups is 1. The number of rotatable bonds is 5. The predicted octanol–water partition coefficient (Wildman–Crippen LogP) is 1.37. The van der Waals surface area contributed by atoms with E-state index in [9.17, 15) is 9.90 Å². The van der Waals surface area contributed by atoms with E-state index in [0.717, 1.165) is 11.3 Å². The van der Waals surface area contributed by atoms with E-state index in [2.05, 4.69) is 15.4 Å². The summed E-state index contributed by atoms with van der Waals surface area (Å²) in [6.07, 6.45) is 2.76. The van der Waals surface area contributed by atoms with Gasteiger partial charge in [0, 0.05) is 19.3 Å². The highest BCUT2D eigenvalue weighted by Crippen LogP contribution is 2.38. The maximum Gasteiger partial charge on any atom is 0.270 e. The van der Waals surface area contributed by atoms with E-state index < -0.39 is 0 Å². The topological polar surface area (TPSA) is 89.3 Å². The molecule has 0 spiro atoms. The Kier molecular flexibility index (Phi) is 4.53. The molecule has 1 fully saturated rings. The Morgan fingerprint density at radius 1 is 1.46 bits per heavy atom. The van der Waals surface area contributed by atoms with Crippen molar-refractivity contribution in [1.29, 1.82) is 0 Å². The molecule has 1 aliphatic rings. The third kappa shape index (κ3) is 3.26. The summed E-state index contributed by atoms with van der Waals surface area (Å²) in [5.41, 5.74) is 2.21. The molecule has 0 bridgehead atoms. The van der Waals surface area contributed by atoms with Gasteiger partial charge in [0.25, 0.3) is 5.91 Å². The lowest BCUT2D eigenvalue weighted by molar-refractivity contribution is 0.0233. The van der Waals surface area contributed by atoms with Crippen LogP contribution in [-0.4, -0.2) is 39.0 Å². The fourth-order valence-electron chi connectivity index (χ4n) is 3.11. The summed E-state index contributed by atoms with van der Waals surface area (Å²) in [4.78, 5) is 16.9. The molecule has 7 heteroatoms. The molecule has 0 saturated heterocycles. The number of methoxy groups -OCH3 is 1. The van der Waals surface area contributed by atoms with Gasteiger partial charge in [0.15, 0.2) is 0 Å². The maximum atomic E-state index is 12.6. The monoisotopic (exact) mass is 330 g/mol. The van der Waals surface area contributed by atoms with Crippen LogP contribution in [0.4, 0.5) is 0 Å². The van der Waals surface area contributed by atoms with Gasteiger partial charge in [0.05, 0.1) is 24.9 Å². The zero-order valence-electron chi connectivity index (χ0n) is 14.1. The molecule has 1 amide bonds. The van der Waals surface area contributed by atoms with Gasteiger partial charge in [-0.1, -0.05) is 6.07 Å². The van der Waals surface area contributed by atoms with Gasteiger partial charge < -0.3 is 15.2 Å².